The summed E-state index contributed by atoms with van der Waals surface area (Å²) in [5.74, 6) is 1.53. The Kier molecular flexibility index (Phi) is 5.02. The predicted molar refractivity (Wildman–Crippen MR) is 81.5 cm³/mol. The lowest BCUT2D eigenvalue weighted by Gasteiger charge is -2.21. The number of ether oxygens (including phenoxy) is 2. The highest BCUT2D eigenvalue weighted by molar-refractivity contribution is 5.43. The van der Waals surface area contributed by atoms with E-state index >= 15 is 0 Å². The van der Waals surface area contributed by atoms with E-state index in [2.05, 4.69) is 17.4 Å². The molecule has 1 atom stereocenters. The second-order valence-corrected chi connectivity index (χ2v) is 4.73. The number of rotatable bonds is 6. The molecule has 0 aliphatic heterocycles. The van der Waals surface area contributed by atoms with Gasteiger partial charge >= 0.3 is 0 Å². The molecule has 3 nitrogen and oxygen atoms in total. The molecule has 0 aliphatic rings. The first kappa shape index (κ1) is 14.4. The van der Waals surface area contributed by atoms with Gasteiger partial charge < -0.3 is 14.8 Å². The average molecular weight is 271 g/mol. The van der Waals surface area contributed by atoms with Gasteiger partial charge in [0, 0.05) is 6.54 Å². The van der Waals surface area contributed by atoms with Gasteiger partial charge in [0.1, 0.15) is 6.10 Å². The van der Waals surface area contributed by atoms with Gasteiger partial charge in [-0.3, -0.25) is 0 Å². The quantitative estimate of drug-likeness (QED) is 0.874. The van der Waals surface area contributed by atoms with Gasteiger partial charge in [-0.15, -0.1) is 0 Å². The van der Waals surface area contributed by atoms with E-state index in [1.54, 1.807) is 7.11 Å². The van der Waals surface area contributed by atoms with Gasteiger partial charge in [0.05, 0.1) is 7.11 Å². The fraction of sp³-hybridized carbons (Fsp3) is 0.294. The molecule has 0 amide bonds. The molecule has 0 radical (unpaired) electrons. The first-order valence-corrected chi connectivity index (χ1v) is 6.75. The molecule has 1 unspecified atom stereocenters. The normalized spacial score (nSPS) is 11.9. The van der Waals surface area contributed by atoms with E-state index in [9.17, 15) is 0 Å². The summed E-state index contributed by atoms with van der Waals surface area (Å²) >= 11 is 0. The van der Waals surface area contributed by atoms with Crippen LogP contribution in [-0.2, 0) is 0 Å². The highest BCUT2D eigenvalue weighted by Gasteiger charge is 2.14. The number of aryl methyl sites for hydroxylation is 1. The minimum Gasteiger partial charge on any atom is -0.493 e. The van der Waals surface area contributed by atoms with Gasteiger partial charge in [0.2, 0.25) is 0 Å². The number of benzene rings is 2. The summed E-state index contributed by atoms with van der Waals surface area (Å²) in [4.78, 5) is 0. The summed E-state index contributed by atoms with van der Waals surface area (Å²) in [6.45, 7) is 2.77. The van der Waals surface area contributed by atoms with Crippen LogP contribution in [0.3, 0.4) is 0 Å². The Morgan fingerprint density at radius 3 is 2.45 bits per heavy atom. The van der Waals surface area contributed by atoms with Gasteiger partial charge in [-0.05, 0) is 37.2 Å². The SMILES string of the molecule is CNCC(Oc1ccc(C)cc1OC)c1ccccc1. The van der Waals surface area contributed by atoms with Crippen LogP contribution in [0.15, 0.2) is 48.5 Å². The number of hydrogen-bond acceptors (Lipinski definition) is 3. The summed E-state index contributed by atoms with van der Waals surface area (Å²) < 4.78 is 11.5. The van der Waals surface area contributed by atoms with Crippen LogP contribution in [0.2, 0.25) is 0 Å². The molecule has 2 rings (SSSR count). The lowest BCUT2D eigenvalue weighted by molar-refractivity contribution is 0.196. The van der Waals surface area contributed by atoms with Crippen molar-refractivity contribution in [1.82, 2.24) is 5.32 Å². The van der Waals surface area contributed by atoms with Gasteiger partial charge in [-0.2, -0.15) is 0 Å². The molecule has 2 aromatic rings. The molecule has 0 saturated carbocycles. The number of methoxy groups -OCH3 is 1. The third-order valence-electron chi connectivity index (χ3n) is 3.15. The molecule has 20 heavy (non-hydrogen) atoms. The Bertz CT molecular complexity index is 540. The molecule has 0 spiro atoms. The van der Waals surface area contributed by atoms with Crippen molar-refractivity contribution in [2.45, 2.75) is 13.0 Å². The van der Waals surface area contributed by atoms with Gasteiger partial charge in [0.25, 0.3) is 0 Å². The lowest BCUT2D eigenvalue weighted by Crippen LogP contribution is -2.22. The molecule has 0 saturated heterocycles. The summed E-state index contributed by atoms with van der Waals surface area (Å²) in [5, 5.41) is 3.17. The summed E-state index contributed by atoms with van der Waals surface area (Å²) in [6, 6.07) is 16.2. The van der Waals surface area contributed by atoms with Crippen LogP contribution >= 0.6 is 0 Å². The molecule has 3 heteroatoms. The third-order valence-corrected chi connectivity index (χ3v) is 3.15. The van der Waals surface area contributed by atoms with E-state index < -0.39 is 0 Å². The van der Waals surface area contributed by atoms with Gasteiger partial charge in [-0.25, -0.2) is 0 Å². The maximum absolute atomic E-state index is 6.13. The molecular formula is C17H21NO2. The summed E-state index contributed by atoms with van der Waals surface area (Å²) in [5.41, 5.74) is 2.29. The monoisotopic (exact) mass is 271 g/mol. The van der Waals surface area contributed by atoms with Crippen molar-refractivity contribution in [3.8, 4) is 11.5 Å². The van der Waals surface area contributed by atoms with Crippen molar-refractivity contribution >= 4 is 0 Å². The Morgan fingerprint density at radius 2 is 1.80 bits per heavy atom. The van der Waals surface area contributed by atoms with Crippen molar-refractivity contribution in [3.63, 3.8) is 0 Å². The predicted octanol–water partition coefficient (Wildman–Crippen LogP) is 3.34. The zero-order valence-corrected chi connectivity index (χ0v) is 12.2. The van der Waals surface area contributed by atoms with E-state index in [-0.39, 0.29) is 6.10 Å². The van der Waals surface area contributed by atoms with E-state index in [1.807, 2.05) is 50.4 Å². The number of likely N-dealkylation sites (N-methyl/N-ethyl adjacent to an activating group) is 1. The van der Waals surface area contributed by atoms with Crippen LogP contribution in [0.5, 0.6) is 11.5 Å². The minimum absolute atomic E-state index is 0.0437. The van der Waals surface area contributed by atoms with Crippen LogP contribution in [0.4, 0.5) is 0 Å². The number of nitrogens with one attached hydrogen (secondary N) is 1. The van der Waals surface area contributed by atoms with E-state index in [4.69, 9.17) is 9.47 Å². The smallest absolute Gasteiger partial charge is 0.162 e. The second kappa shape index (κ2) is 6.96. The molecular weight excluding hydrogens is 250 g/mol. The van der Waals surface area contributed by atoms with Crippen molar-refractivity contribution in [1.29, 1.82) is 0 Å². The highest BCUT2D eigenvalue weighted by Crippen LogP contribution is 2.31. The van der Waals surface area contributed by atoms with Crippen LogP contribution in [0.1, 0.15) is 17.2 Å². The van der Waals surface area contributed by atoms with Crippen molar-refractivity contribution in [2.24, 2.45) is 0 Å². The summed E-state index contributed by atoms with van der Waals surface area (Å²) in [6.07, 6.45) is -0.0437. The van der Waals surface area contributed by atoms with Crippen molar-refractivity contribution in [2.75, 3.05) is 20.7 Å². The van der Waals surface area contributed by atoms with Crippen LogP contribution in [-0.4, -0.2) is 20.7 Å². The Balaban J connectivity index is 2.24. The fourth-order valence-corrected chi connectivity index (χ4v) is 2.11. The van der Waals surface area contributed by atoms with Crippen LogP contribution < -0.4 is 14.8 Å². The minimum atomic E-state index is -0.0437. The zero-order valence-electron chi connectivity index (χ0n) is 12.2. The molecule has 2 aromatic carbocycles. The first-order valence-electron chi connectivity index (χ1n) is 6.75. The molecule has 0 aromatic heterocycles. The molecule has 1 N–H and O–H groups in total. The maximum atomic E-state index is 6.13. The third kappa shape index (κ3) is 3.52. The van der Waals surface area contributed by atoms with Crippen molar-refractivity contribution in [3.05, 3.63) is 59.7 Å². The second-order valence-electron chi connectivity index (χ2n) is 4.73. The molecule has 0 fully saturated rings. The zero-order chi connectivity index (χ0) is 14.4. The van der Waals surface area contributed by atoms with Crippen LogP contribution in [0, 0.1) is 6.92 Å². The fourth-order valence-electron chi connectivity index (χ4n) is 2.11. The van der Waals surface area contributed by atoms with E-state index in [1.165, 1.54) is 0 Å². The highest BCUT2D eigenvalue weighted by atomic mass is 16.5. The topological polar surface area (TPSA) is 30.5 Å². The van der Waals surface area contributed by atoms with E-state index in [0.717, 1.165) is 29.2 Å². The summed E-state index contributed by atoms with van der Waals surface area (Å²) in [7, 11) is 3.59. The number of hydrogen-bond donors (Lipinski definition) is 1. The molecule has 106 valence electrons. The average Bonchev–Trinajstić information content (AvgIpc) is 2.49. The Hall–Kier alpha value is -2.00. The van der Waals surface area contributed by atoms with Gasteiger partial charge in [-0.1, -0.05) is 36.4 Å². The largest absolute Gasteiger partial charge is 0.493 e. The Labute approximate surface area is 120 Å². The Morgan fingerprint density at radius 1 is 1.05 bits per heavy atom. The molecule has 0 aliphatic carbocycles. The molecule has 0 heterocycles. The van der Waals surface area contributed by atoms with E-state index in [0.29, 0.717) is 0 Å². The van der Waals surface area contributed by atoms with Crippen molar-refractivity contribution < 1.29 is 9.47 Å². The lowest BCUT2D eigenvalue weighted by atomic mass is 10.1. The standard InChI is InChI=1S/C17H21NO2/c1-13-9-10-15(16(11-13)19-3)20-17(12-18-2)14-7-5-4-6-8-14/h4-11,17-18H,12H2,1-3H3. The maximum Gasteiger partial charge on any atom is 0.162 e. The van der Waals surface area contributed by atoms with Gasteiger partial charge in [0.15, 0.2) is 11.5 Å². The molecule has 0 bridgehead atoms. The first-order chi connectivity index (χ1) is 9.74. The van der Waals surface area contributed by atoms with Crippen LogP contribution in [0.25, 0.3) is 0 Å².